The van der Waals surface area contributed by atoms with Gasteiger partial charge in [0.25, 0.3) is 11.6 Å². The molecule has 1 heterocycles. The monoisotopic (exact) mass is 550 g/mol. The van der Waals surface area contributed by atoms with Crippen molar-refractivity contribution in [3.8, 4) is 17.2 Å². The van der Waals surface area contributed by atoms with E-state index in [2.05, 4.69) is 0 Å². The van der Waals surface area contributed by atoms with Crippen molar-refractivity contribution in [3.63, 3.8) is 0 Å². The van der Waals surface area contributed by atoms with Gasteiger partial charge >= 0.3 is 5.97 Å². The maximum atomic E-state index is 13.0. The van der Waals surface area contributed by atoms with E-state index in [9.17, 15) is 19.7 Å². The van der Waals surface area contributed by atoms with Crippen LogP contribution in [0.25, 0.3) is 6.08 Å². The second-order valence-electron chi connectivity index (χ2n) is 8.04. The van der Waals surface area contributed by atoms with E-state index in [4.69, 9.17) is 26.4 Å². The molecule has 0 unspecified atom stereocenters. The number of thioether (sulfide) groups is 1. The number of carbonyl (C=O) groups excluding carboxylic acids is 2. The lowest BCUT2D eigenvalue weighted by atomic mass is 10.1. The van der Waals surface area contributed by atoms with E-state index in [1.54, 1.807) is 49.5 Å². The highest BCUT2D eigenvalue weighted by atomic mass is 32.2. The van der Waals surface area contributed by atoms with Gasteiger partial charge in [-0.25, -0.2) is 4.79 Å². The van der Waals surface area contributed by atoms with Crippen molar-refractivity contribution in [1.82, 2.24) is 4.90 Å². The minimum absolute atomic E-state index is 0.114. The number of amides is 1. The van der Waals surface area contributed by atoms with Crippen molar-refractivity contribution in [2.24, 2.45) is 0 Å². The Morgan fingerprint density at radius 1 is 1.03 bits per heavy atom. The average molecular weight is 551 g/mol. The number of rotatable bonds is 9. The lowest BCUT2D eigenvalue weighted by Gasteiger charge is -2.15. The summed E-state index contributed by atoms with van der Waals surface area (Å²) < 4.78 is 16.4. The Morgan fingerprint density at radius 3 is 2.34 bits per heavy atom. The Hall–Kier alpha value is -4.22. The van der Waals surface area contributed by atoms with Crippen LogP contribution in [-0.4, -0.2) is 46.8 Å². The first kappa shape index (κ1) is 26.8. The zero-order chi connectivity index (χ0) is 27.2. The summed E-state index contributed by atoms with van der Waals surface area (Å²) in [5, 5.41) is 10.8. The van der Waals surface area contributed by atoms with Crippen LogP contribution in [0.2, 0.25) is 0 Å². The molecule has 1 amide bonds. The van der Waals surface area contributed by atoms with E-state index >= 15 is 0 Å². The van der Waals surface area contributed by atoms with Crippen LogP contribution in [0, 0.1) is 10.1 Å². The normalized spacial score (nSPS) is 14.1. The van der Waals surface area contributed by atoms with Gasteiger partial charge in [0.2, 0.25) is 0 Å². The van der Waals surface area contributed by atoms with Crippen molar-refractivity contribution < 1.29 is 28.7 Å². The first-order valence-corrected chi connectivity index (χ1v) is 12.5. The summed E-state index contributed by atoms with van der Waals surface area (Å²) in [6, 6.07) is 17.4. The number of thiocarbonyl (C=S) groups is 1. The molecule has 0 atom stereocenters. The number of methoxy groups -OCH3 is 2. The zero-order valence-electron chi connectivity index (χ0n) is 20.4. The fraction of sp³-hybridized carbons (Fsp3) is 0.148. The molecule has 11 heteroatoms. The summed E-state index contributed by atoms with van der Waals surface area (Å²) in [5.41, 5.74) is 1.80. The summed E-state index contributed by atoms with van der Waals surface area (Å²) >= 11 is 6.67. The molecular formula is C27H22N2O7S2. The van der Waals surface area contributed by atoms with Gasteiger partial charge in [-0.05, 0) is 60.0 Å². The second-order valence-corrected chi connectivity index (χ2v) is 9.71. The Labute approximate surface area is 228 Å². The molecule has 0 N–H and O–H groups in total. The zero-order valence-corrected chi connectivity index (χ0v) is 22.0. The third-order valence-corrected chi connectivity index (χ3v) is 7.03. The first-order chi connectivity index (χ1) is 18.3. The Morgan fingerprint density at radius 2 is 1.71 bits per heavy atom. The van der Waals surface area contributed by atoms with Crippen molar-refractivity contribution in [2.45, 2.75) is 6.42 Å². The van der Waals surface area contributed by atoms with E-state index in [0.717, 1.165) is 11.1 Å². The lowest BCUT2D eigenvalue weighted by Crippen LogP contribution is -2.30. The molecule has 0 radical (unpaired) electrons. The second kappa shape index (κ2) is 11.9. The van der Waals surface area contributed by atoms with Crippen molar-refractivity contribution in [2.75, 3.05) is 20.8 Å². The van der Waals surface area contributed by atoms with E-state index in [1.807, 2.05) is 18.2 Å². The minimum Gasteiger partial charge on any atom is -0.493 e. The summed E-state index contributed by atoms with van der Waals surface area (Å²) in [4.78, 5) is 37.6. The standard InChI is InChI=1S/C27H22N2O7S2/c1-34-22-12-5-18(15-23(22)35-2)13-14-28-25(30)24(38-27(28)37)16-17-3-10-21(11-4-17)36-26(31)19-6-8-20(9-7-19)29(32)33/h3-12,15-16H,13-14H2,1-2H3/b24-16-. The molecule has 0 aromatic heterocycles. The number of carbonyl (C=O) groups is 2. The summed E-state index contributed by atoms with van der Waals surface area (Å²) in [6.45, 7) is 0.426. The number of nitro groups is 1. The van der Waals surface area contributed by atoms with Crippen molar-refractivity contribution in [3.05, 3.63) is 98.4 Å². The van der Waals surface area contributed by atoms with Gasteiger partial charge in [0.15, 0.2) is 11.5 Å². The Balaban J connectivity index is 1.37. The van der Waals surface area contributed by atoms with E-state index < -0.39 is 10.9 Å². The molecule has 4 rings (SSSR count). The molecule has 3 aromatic rings. The molecule has 9 nitrogen and oxygen atoms in total. The molecular weight excluding hydrogens is 528 g/mol. The van der Waals surface area contributed by atoms with Gasteiger partial charge < -0.3 is 14.2 Å². The van der Waals surface area contributed by atoms with Crippen LogP contribution in [0.1, 0.15) is 21.5 Å². The van der Waals surface area contributed by atoms with Crippen LogP contribution in [0.3, 0.4) is 0 Å². The molecule has 0 spiro atoms. The quantitative estimate of drug-likeness (QED) is 0.0878. The molecule has 0 saturated carbocycles. The summed E-state index contributed by atoms with van der Waals surface area (Å²) in [5.74, 6) is 0.749. The predicted molar refractivity (Wildman–Crippen MR) is 148 cm³/mol. The van der Waals surface area contributed by atoms with E-state index in [-0.39, 0.29) is 17.2 Å². The first-order valence-electron chi connectivity index (χ1n) is 11.3. The van der Waals surface area contributed by atoms with Crippen LogP contribution in [0.4, 0.5) is 5.69 Å². The smallest absolute Gasteiger partial charge is 0.343 e. The molecule has 1 aliphatic rings. The van der Waals surface area contributed by atoms with Gasteiger partial charge in [-0.3, -0.25) is 19.8 Å². The molecule has 3 aromatic carbocycles. The number of benzene rings is 3. The number of hydrogen-bond donors (Lipinski definition) is 0. The lowest BCUT2D eigenvalue weighted by molar-refractivity contribution is -0.384. The van der Waals surface area contributed by atoms with E-state index in [0.29, 0.717) is 39.4 Å². The highest BCUT2D eigenvalue weighted by molar-refractivity contribution is 8.26. The molecule has 1 saturated heterocycles. The maximum absolute atomic E-state index is 13.0. The Kier molecular flexibility index (Phi) is 8.39. The third-order valence-electron chi connectivity index (χ3n) is 5.65. The third kappa shape index (κ3) is 6.18. The summed E-state index contributed by atoms with van der Waals surface area (Å²) in [6.07, 6.45) is 2.33. The van der Waals surface area contributed by atoms with Gasteiger partial charge in [-0.15, -0.1) is 0 Å². The van der Waals surface area contributed by atoms with Gasteiger partial charge in [-0.1, -0.05) is 42.2 Å². The number of nitrogens with zero attached hydrogens (tertiary/aromatic N) is 2. The number of hydrogen-bond acceptors (Lipinski definition) is 9. The van der Waals surface area contributed by atoms with Gasteiger partial charge in [-0.2, -0.15) is 0 Å². The molecule has 194 valence electrons. The molecule has 1 aliphatic heterocycles. The SMILES string of the molecule is COc1ccc(CCN2C(=O)/C(=C/c3ccc(OC(=O)c4ccc([N+](=O)[O-])cc4)cc3)SC2=S)cc1OC. The summed E-state index contributed by atoms with van der Waals surface area (Å²) in [7, 11) is 3.15. The number of esters is 1. The van der Waals surface area contributed by atoms with Crippen LogP contribution < -0.4 is 14.2 Å². The molecule has 0 aliphatic carbocycles. The Bertz CT molecular complexity index is 1420. The van der Waals surface area contributed by atoms with Crippen LogP contribution >= 0.6 is 24.0 Å². The molecule has 38 heavy (non-hydrogen) atoms. The maximum Gasteiger partial charge on any atom is 0.343 e. The highest BCUT2D eigenvalue weighted by Crippen LogP contribution is 2.33. The van der Waals surface area contributed by atoms with Crippen LogP contribution in [0.15, 0.2) is 71.6 Å². The predicted octanol–water partition coefficient (Wildman–Crippen LogP) is 5.28. The largest absolute Gasteiger partial charge is 0.493 e. The van der Waals surface area contributed by atoms with Crippen molar-refractivity contribution in [1.29, 1.82) is 0 Å². The van der Waals surface area contributed by atoms with E-state index in [1.165, 1.54) is 36.0 Å². The number of ether oxygens (including phenoxy) is 3. The molecule has 0 bridgehead atoms. The minimum atomic E-state index is -0.636. The fourth-order valence-electron chi connectivity index (χ4n) is 3.64. The van der Waals surface area contributed by atoms with Gasteiger partial charge in [0.05, 0.1) is 29.6 Å². The van der Waals surface area contributed by atoms with Crippen LogP contribution in [0.5, 0.6) is 17.2 Å². The van der Waals surface area contributed by atoms with Crippen LogP contribution in [-0.2, 0) is 11.2 Å². The topological polar surface area (TPSA) is 108 Å². The van der Waals surface area contributed by atoms with Crippen molar-refractivity contribution >= 4 is 51.9 Å². The fourth-order valence-corrected chi connectivity index (χ4v) is 4.95. The molecule has 1 fully saturated rings. The highest BCUT2D eigenvalue weighted by Gasteiger charge is 2.31. The van der Waals surface area contributed by atoms with Gasteiger partial charge in [0.1, 0.15) is 10.1 Å². The number of nitro benzene ring substituents is 1. The average Bonchev–Trinajstić information content (AvgIpc) is 3.19. The van der Waals surface area contributed by atoms with Gasteiger partial charge in [0, 0.05) is 18.7 Å². The number of non-ortho nitro benzene ring substituents is 1.